The van der Waals surface area contributed by atoms with E-state index in [-0.39, 0.29) is 28.5 Å². The molecule has 0 radical (unpaired) electrons. The van der Waals surface area contributed by atoms with E-state index in [9.17, 15) is 13.6 Å². The van der Waals surface area contributed by atoms with E-state index >= 15 is 0 Å². The average molecular weight is 334 g/mol. The number of benzene rings is 1. The SMILES string of the molecule is CC1CN(C(=O)Cc2cc(F)c(Br)cc2F)CCO1. The molecule has 0 saturated carbocycles. The second-order valence-corrected chi connectivity index (χ2v) is 5.41. The predicted octanol–water partition coefficient (Wildman–Crippen LogP) is 2.52. The van der Waals surface area contributed by atoms with Crippen LogP contribution in [0.25, 0.3) is 0 Å². The van der Waals surface area contributed by atoms with Gasteiger partial charge in [0.25, 0.3) is 0 Å². The van der Waals surface area contributed by atoms with Gasteiger partial charge in [0.05, 0.1) is 23.6 Å². The second-order valence-electron chi connectivity index (χ2n) is 4.56. The summed E-state index contributed by atoms with van der Waals surface area (Å²) in [5, 5.41) is 0. The van der Waals surface area contributed by atoms with Crippen molar-refractivity contribution in [3.05, 3.63) is 33.8 Å². The van der Waals surface area contributed by atoms with E-state index in [0.717, 1.165) is 12.1 Å². The molecule has 1 amide bonds. The monoisotopic (exact) mass is 333 g/mol. The molecule has 2 rings (SSSR count). The zero-order valence-electron chi connectivity index (χ0n) is 10.5. The van der Waals surface area contributed by atoms with Crippen molar-refractivity contribution >= 4 is 21.8 Å². The molecule has 1 saturated heterocycles. The number of morpholine rings is 1. The van der Waals surface area contributed by atoms with Crippen molar-refractivity contribution in [3.8, 4) is 0 Å². The van der Waals surface area contributed by atoms with Crippen LogP contribution < -0.4 is 0 Å². The summed E-state index contributed by atoms with van der Waals surface area (Å²) in [5.41, 5.74) is 0.0739. The molecule has 1 unspecified atom stereocenters. The minimum absolute atomic E-state index is 0.0239. The van der Waals surface area contributed by atoms with Gasteiger partial charge in [-0.1, -0.05) is 0 Å². The summed E-state index contributed by atoms with van der Waals surface area (Å²) in [6, 6.07) is 2.10. The summed E-state index contributed by atoms with van der Waals surface area (Å²) in [7, 11) is 0. The van der Waals surface area contributed by atoms with Gasteiger partial charge in [-0.15, -0.1) is 0 Å². The number of halogens is 3. The lowest BCUT2D eigenvalue weighted by atomic mass is 10.1. The molecule has 1 aliphatic rings. The number of rotatable bonds is 2. The molecule has 3 nitrogen and oxygen atoms in total. The molecule has 1 aromatic rings. The Morgan fingerprint density at radius 1 is 1.47 bits per heavy atom. The zero-order valence-corrected chi connectivity index (χ0v) is 12.0. The van der Waals surface area contributed by atoms with Crippen LogP contribution in [0.5, 0.6) is 0 Å². The number of nitrogens with zero attached hydrogens (tertiary/aromatic N) is 1. The number of hydrogen-bond donors (Lipinski definition) is 0. The number of carbonyl (C=O) groups excluding carboxylic acids is 1. The molecule has 104 valence electrons. The third-order valence-corrected chi connectivity index (χ3v) is 3.63. The molecule has 0 bridgehead atoms. The van der Waals surface area contributed by atoms with E-state index in [0.29, 0.717) is 19.7 Å². The topological polar surface area (TPSA) is 29.5 Å². The van der Waals surface area contributed by atoms with Crippen molar-refractivity contribution in [2.45, 2.75) is 19.4 Å². The Morgan fingerprint density at radius 2 is 2.21 bits per heavy atom. The first kappa shape index (κ1) is 14.4. The van der Waals surface area contributed by atoms with Gasteiger partial charge in [0.1, 0.15) is 11.6 Å². The number of ether oxygens (including phenoxy) is 1. The first-order valence-electron chi connectivity index (χ1n) is 6.00. The third kappa shape index (κ3) is 3.51. The Hall–Kier alpha value is -1.01. The van der Waals surface area contributed by atoms with Crippen molar-refractivity contribution in [3.63, 3.8) is 0 Å². The van der Waals surface area contributed by atoms with E-state index < -0.39 is 11.6 Å². The van der Waals surface area contributed by atoms with Crippen molar-refractivity contribution < 1.29 is 18.3 Å². The lowest BCUT2D eigenvalue weighted by Crippen LogP contribution is -2.45. The first-order chi connectivity index (χ1) is 8.97. The summed E-state index contributed by atoms with van der Waals surface area (Å²) in [4.78, 5) is 13.6. The molecule has 19 heavy (non-hydrogen) atoms. The summed E-state index contributed by atoms with van der Waals surface area (Å²) in [6.45, 7) is 3.33. The van der Waals surface area contributed by atoms with Gasteiger partial charge in [-0.3, -0.25) is 4.79 Å². The summed E-state index contributed by atoms with van der Waals surface area (Å²) < 4.78 is 32.4. The molecular formula is C13H14BrF2NO2. The number of amides is 1. The van der Waals surface area contributed by atoms with Crippen molar-refractivity contribution in [1.82, 2.24) is 4.90 Å². The third-order valence-electron chi connectivity index (χ3n) is 3.02. The molecule has 6 heteroatoms. The average Bonchev–Trinajstić information content (AvgIpc) is 2.36. The molecule has 0 N–H and O–H groups in total. The van der Waals surface area contributed by atoms with Crippen molar-refractivity contribution in [2.24, 2.45) is 0 Å². The van der Waals surface area contributed by atoms with Gasteiger partial charge in [-0.05, 0) is 35.0 Å². The molecule has 1 aromatic carbocycles. The molecule has 0 spiro atoms. The van der Waals surface area contributed by atoms with E-state index in [2.05, 4.69) is 15.9 Å². The highest BCUT2D eigenvalue weighted by molar-refractivity contribution is 9.10. The largest absolute Gasteiger partial charge is 0.375 e. The Balaban J connectivity index is 2.08. The number of hydrogen-bond acceptors (Lipinski definition) is 2. The zero-order chi connectivity index (χ0) is 14.0. The van der Waals surface area contributed by atoms with Gasteiger partial charge in [0.2, 0.25) is 5.91 Å². The highest BCUT2D eigenvalue weighted by Gasteiger charge is 2.22. The molecular weight excluding hydrogens is 320 g/mol. The Labute approximate surface area is 118 Å². The molecule has 1 atom stereocenters. The maximum Gasteiger partial charge on any atom is 0.227 e. The van der Waals surface area contributed by atoms with E-state index in [1.165, 1.54) is 0 Å². The highest BCUT2D eigenvalue weighted by atomic mass is 79.9. The van der Waals surface area contributed by atoms with Gasteiger partial charge in [0, 0.05) is 18.7 Å². The standard InChI is InChI=1S/C13H14BrF2NO2/c1-8-7-17(2-3-19-8)13(18)5-9-4-12(16)10(14)6-11(9)15/h4,6,8H,2-3,5,7H2,1H3. The second kappa shape index (κ2) is 5.96. The van der Waals surface area contributed by atoms with Gasteiger partial charge in [0.15, 0.2) is 0 Å². The highest BCUT2D eigenvalue weighted by Crippen LogP contribution is 2.21. The minimum atomic E-state index is -0.581. The Bertz CT molecular complexity index is 496. The Morgan fingerprint density at radius 3 is 2.89 bits per heavy atom. The van der Waals surface area contributed by atoms with E-state index in [1.54, 1.807) is 4.90 Å². The summed E-state index contributed by atoms with van der Waals surface area (Å²) >= 11 is 2.90. The molecule has 1 fully saturated rings. The maximum absolute atomic E-state index is 13.6. The van der Waals surface area contributed by atoms with E-state index in [1.807, 2.05) is 6.92 Å². The Kier molecular flexibility index (Phi) is 4.52. The van der Waals surface area contributed by atoms with Crippen LogP contribution in [-0.4, -0.2) is 36.6 Å². The first-order valence-corrected chi connectivity index (χ1v) is 6.79. The molecule has 1 aliphatic heterocycles. The molecule has 1 heterocycles. The van der Waals surface area contributed by atoms with Crippen LogP contribution in [0.3, 0.4) is 0 Å². The van der Waals surface area contributed by atoms with Crippen LogP contribution in [0.2, 0.25) is 0 Å². The fraction of sp³-hybridized carbons (Fsp3) is 0.462. The van der Waals surface area contributed by atoms with Crippen molar-refractivity contribution in [1.29, 1.82) is 0 Å². The fourth-order valence-electron chi connectivity index (χ4n) is 2.02. The minimum Gasteiger partial charge on any atom is -0.375 e. The van der Waals surface area contributed by atoms with Crippen LogP contribution in [0.15, 0.2) is 16.6 Å². The van der Waals surface area contributed by atoms with Crippen LogP contribution in [-0.2, 0) is 16.0 Å². The molecule has 0 aromatic heterocycles. The van der Waals surface area contributed by atoms with Crippen LogP contribution in [0, 0.1) is 11.6 Å². The predicted molar refractivity (Wildman–Crippen MR) is 69.8 cm³/mol. The van der Waals surface area contributed by atoms with E-state index in [4.69, 9.17) is 4.74 Å². The maximum atomic E-state index is 13.6. The van der Waals surface area contributed by atoms with Crippen LogP contribution >= 0.6 is 15.9 Å². The van der Waals surface area contributed by atoms with Gasteiger partial charge >= 0.3 is 0 Å². The van der Waals surface area contributed by atoms with Gasteiger partial charge < -0.3 is 9.64 Å². The van der Waals surface area contributed by atoms with Crippen molar-refractivity contribution in [2.75, 3.05) is 19.7 Å². The normalized spacial score (nSPS) is 19.6. The van der Waals surface area contributed by atoms with Crippen LogP contribution in [0.1, 0.15) is 12.5 Å². The number of carbonyl (C=O) groups is 1. The quantitative estimate of drug-likeness (QED) is 0.778. The van der Waals surface area contributed by atoms with Gasteiger partial charge in [-0.2, -0.15) is 0 Å². The van der Waals surface area contributed by atoms with Crippen LogP contribution in [0.4, 0.5) is 8.78 Å². The van der Waals surface area contributed by atoms with Gasteiger partial charge in [-0.25, -0.2) is 8.78 Å². The smallest absolute Gasteiger partial charge is 0.227 e. The lowest BCUT2D eigenvalue weighted by Gasteiger charge is -2.31. The lowest BCUT2D eigenvalue weighted by molar-refractivity contribution is -0.137. The molecule has 0 aliphatic carbocycles. The summed E-state index contributed by atoms with van der Waals surface area (Å²) in [5.74, 6) is -1.36. The fourth-order valence-corrected chi connectivity index (χ4v) is 2.33. The summed E-state index contributed by atoms with van der Waals surface area (Å²) in [6.07, 6.45) is -0.160.